The fourth-order valence-electron chi connectivity index (χ4n) is 1.45. The molecule has 2 rings (SSSR count). The third kappa shape index (κ3) is 2.62. The molecule has 0 aliphatic rings. The zero-order valence-corrected chi connectivity index (χ0v) is 10.1. The molecule has 0 unspecified atom stereocenters. The Morgan fingerprint density at radius 1 is 1.50 bits per heavy atom. The molecule has 2 N–H and O–H groups in total. The molecule has 18 heavy (non-hydrogen) atoms. The van der Waals surface area contributed by atoms with Crippen molar-refractivity contribution >= 4 is 11.6 Å². The van der Waals surface area contributed by atoms with Gasteiger partial charge in [0.1, 0.15) is 0 Å². The number of aromatic nitrogens is 3. The summed E-state index contributed by atoms with van der Waals surface area (Å²) in [6.07, 6.45) is 3.15. The summed E-state index contributed by atoms with van der Waals surface area (Å²) in [6.45, 7) is 1.92. The van der Waals surface area contributed by atoms with Crippen LogP contribution in [-0.2, 0) is 6.54 Å². The zero-order chi connectivity index (χ0) is 13.0. The number of carbonyl (C=O) groups excluding carboxylic acids is 1. The molecule has 0 bridgehead atoms. The van der Waals surface area contributed by atoms with Crippen molar-refractivity contribution in [2.45, 2.75) is 13.5 Å². The number of amides is 1. The Kier molecular flexibility index (Phi) is 3.52. The molecule has 0 aromatic carbocycles. The van der Waals surface area contributed by atoms with Crippen LogP contribution in [0.15, 0.2) is 23.0 Å². The number of hydrogen-bond acceptors (Lipinski definition) is 6. The van der Waals surface area contributed by atoms with Crippen molar-refractivity contribution in [1.82, 2.24) is 20.4 Å². The van der Waals surface area contributed by atoms with E-state index in [9.17, 15) is 4.79 Å². The lowest BCUT2D eigenvalue weighted by atomic mass is 10.2. The summed E-state index contributed by atoms with van der Waals surface area (Å²) in [5, 5.41) is 9.25. The van der Waals surface area contributed by atoms with Crippen LogP contribution in [0.3, 0.4) is 0 Å². The van der Waals surface area contributed by atoms with Crippen molar-refractivity contribution in [3.8, 4) is 0 Å². The fraction of sp³-hybridized carbons (Fsp3) is 0.273. The molecular weight excluding hydrogens is 234 g/mol. The average Bonchev–Trinajstić information content (AvgIpc) is 2.81. The zero-order valence-electron chi connectivity index (χ0n) is 10.1. The van der Waals surface area contributed by atoms with Crippen molar-refractivity contribution in [2.24, 2.45) is 0 Å². The van der Waals surface area contributed by atoms with Crippen LogP contribution in [-0.4, -0.2) is 28.1 Å². The monoisotopic (exact) mass is 247 g/mol. The number of pyridine rings is 1. The van der Waals surface area contributed by atoms with E-state index in [1.165, 1.54) is 0 Å². The quantitative estimate of drug-likeness (QED) is 0.828. The number of rotatable bonds is 4. The summed E-state index contributed by atoms with van der Waals surface area (Å²) in [4.78, 5) is 19.9. The molecule has 0 aliphatic carbocycles. The first-order valence-corrected chi connectivity index (χ1v) is 5.40. The number of nitrogens with zero attached hydrogens (tertiary/aromatic N) is 3. The van der Waals surface area contributed by atoms with Gasteiger partial charge in [-0.2, -0.15) is 4.98 Å². The lowest BCUT2D eigenvalue weighted by molar-refractivity contribution is 0.0947. The van der Waals surface area contributed by atoms with Crippen molar-refractivity contribution in [3.63, 3.8) is 0 Å². The Bertz CT molecular complexity index is 552. The van der Waals surface area contributed by atoms with Crippen molar-refractivity contribution in [2.75, 3.05) is 12.4 Å². The Balaban J connectivity index is 2.03. The summed E-state index contributed by atoms with van der Waals surface area (Å²) in [5.74, 6) is 0.692. The molecule has 7 heteroatoms. The van der Waals surface area contributed by atoms with Crippen LogP contribution in [0.1, 0.15) is 22.1 Å². The van der Waals surface area contributed by atoms with Gasteiger partial charge in [-0.1, -0.05) is 5.16 Å². The second-order valence-corrected chi connectivity index (χ2v) is 3.59. The molecule has 94 valence electrons. The van der Waals surface area contributed by atoms with Crippen LogP contribution >= 0.6 is 0 Å². The predicted molar refractivity (Wildman–Crippen MR) is 64.0 cm³/mol. The third-order valence-corrected chi connectivity index (χ3v) is 2.30. The van der Waals surface area contributed by atoms with Gasteiger partial charge in [0.25, 0.3) is 5.91 Å². The number of hydrogen-bond donors (Lipinski definition) is 2. The molecule has 0 saturated carbocycles. The van der Waals surface area contributed by atoms with Crippen LogP contribution in [0.2, 0.25) is 0 Å². The molecule has 2 heterocycles. The largest absolute Gasteiger partial charge is 0.386 e. The van der Waals surface area contributed by atoms with Gasteiger partial charge in [0.15, 0.2) is 5.82 Å². The highest BCUT2D eigenvalue weighted by Crippen LogP contribution is 2.12. The molecule has 0 aliphatic heterocycles. The van der Waals surface area contributed by atoms with E-state index < -0.39 is 0 Å². The van der Waals surface area contributed by atoms with Gasteiger partial charge >= 0.3 is 0 Å². The Hall–Kier alpha value is -2.44. The van der Waals surface area contributed by atoms with Gasteiger partial charge in [0, 0.05) is 13.2 Å². The van der Waals surface area contributed by atoms with E-state index in [0.29, 0.717) is 23.0 Å². The van der Waals surface area contributed by atoms with E-state index in [0.717, 1.165) is 0 Å². The smallest absolute Gasteiger partial charge is 0.253 e. The van der Waals surface area contributed by atoms with Gasteiger partial charge < -0.3 is 15.2 Å². The van der Waals surface area contributed by atoms with E-state index in [-0.39, 0.29) is 12.5 Å². The summed E-state index contributed by atoms with van der Waals surface area (Å²) < 4.78 is 4.90. The lowest BCUT2D eigenvalue weighted by Crippen LogP contribution is -2.24. The van der Waals surface area contributed by atoms with Crippen molar-refractivity contribution < 1.29 is 9.32 Å². The van der Waals surface area contributed by atoms with E-state index in [1.807, 2.05) is 0 Å². The van der Waals surface area contributed by atoms with Gasteiger partial charge in [-0.05, 0) is 13.0 Å². The number of anilines is 1. The molecular formula is C11H13N5O2. The SMILES string of the molecule is CNc1cnccc1C(=O)NCc1nc(C)no1. The second-order valence-electron chi connectivity index (χ2n) is 3.59. The van der Waals surface area contributed by atoms with Crippen LogP contribution in [0, 0.1) is 6.92 Å². The Morgan fingerprint density at radius 2 is 2.33 bits per heavy atom. The summed E-state index contributed by atoms with van der Waals surface area (Å²) in [5.41, 5.74) is 1.18. The predicted octanol–water partition coefficient (Wildman–Crippen LogP) is 0.745. The minimum absolute atomic E-state index is 0.200. The Labute approximate surface area is 104 Å². The van der Waals surface area contributed by atoms with E-state index in [2.05, 4.69) is 25.8 Å². The first kappa shape index (κ1) is 12.0. The average molecular weight is 247 g/mol. The van der Waals surface area contributed by atoms with Gasteiger partial charge in [-0.15, -0.1) is 0 Å². The van der Waals surface area contributed by atoms with Crippen molar-refractivity contribution in [1.29, 1.82) is 0 Å². The topological polar surface area (TPSA) is 92.9 Å². The van der Waals surface area contributed by atoms with Crippen LogP contribution in [0.5, 0.6) is 0 Å². The highest BCUT2D eigenvalue weighted by atomic mass is 16.5. The maximum absolute atomic E-state index is 11.9. The second kappa shape index (κ2) is 5.26. The first-order chi connectivity index (χ1) is 8.70. The highest BCUT2D eigenvalue weighted by Gasteiger charge is 2.11. The summed E-state index contributed by atoms with van der Waals surface area (Å²) in [7, 11) is 1.73. The maximum atomic E-state index is 11.9. The van der Waals surface area contributed by atoms with E-state index in [1.54, 1.807) is 32.4 Å². The summed E-state index contributed by atoms with van der Waals surface area (Å²) >= 11 is 0. The van der Waals surface area contributed by atoms with Gasteiger partial charge in [0.2, 0.25) is 5.89 Å². The van der Waals surface area contributed by atoms with Crippen molar-refractivity contribution in [3.05, 3.63) is 35.7 Å². The third-order valence-electron chi connectivity index (χ3n) is 2.30. The molecule has 0 atom stereocenters. The van der Waals surface area contributed by atoms with E-state index >= 15 is 0 Å². The molecule has 0 spiro atoms. The highest BCUT2D eigenvalue weighted by molar-refractivity contribution is 5.99. The molecule has 7 nitrogen and oxygen atoms in total. The molecule has 0 fully saturated rings. The minimum Gasteiger partial charge on any atom is -0.386 e. The van der Waals surface area contributed by atoms with Gasteiger partial charge in [-0.25, -0.2) is 0 Å². The normalized spacial score (nSPS) is 10.1. The minimum atomic E-state index is -0.224. The van der Waals surface area contributed by atoms with Gasteiger partial charge in [0.05, 0.1) is 24.0 Å². The Morgan fingerprint density at radius 3 is 3.00 bits per heavy atom. The molecule has 0 radical (unpaired) electrons. The number of nitrogens with one attached hydrogen (secondary N) is 2. The van der Waals surface area contributed by atoms with Gasteiger partial charge in [-0.3, -0.25) is 9.78 Å². The number of carbonyl (C=O) groups is 1. The first-order valence-electron chi connectivity index (χ1n) is 5.40. The number of aryl methyl sites for hydroxylation is 1. The standard InChI is InChI=1S/C11H13N5O2/c1-7-15-10(18-16-7)6-14-11(17)8-3-4-13-5-9(8)12-2/h3-5,12H,6H2,1-2H3,(H,14,17). The summed E-state index contributed by atoms with van der Waals surface area (Å²) in [6, 6.07) is 1.64. The lowest BCUT2D eigenvalue weighted by Gasteiger charge is -2.07. The van der Waals surface area contributed by atoms with E-state index in [4.69, 9.17) is 4.52 Å². The van der Waals surface area contributed by atoms with Crippen LogP contribution in [0.4, 0.5) is 5.69 Å². The molecule has 2 aromatic heterocycles. The maximum Gasteiger partial charge on any atom is 0.253 e. The fourth-order valence-corrected chi connectivity index (χ4v) is 1.45. The van der Waals surface area contributed by atoms with Crippen LogP contribution < -0.4 is 10.6 Å². The van der Waals surface area contributed by atoms with Crippen LogP contribution in [0.25, 0.3) is 0 Å². The molecule has 2 aromatic rings. The molecule has 0 saturated heterocycles. The molecule has 1 amide bonds.